The average molecular weight is 266 g/mol. The maximum Gasteiger partial charge on any atom is 0.120 e. The van der Waals surface area contributed by atoms with E-state index in [1.165, 1.54) is 5.56 Å². The van der Waals surface area contributed by atoms with Crippen molar-refractivity contribution in [3.8, 4) is 0 Å². The Kier molecular flexibility index (Phi) is 7.48. The molecule has 0 saturated heterocycles. The lowest BCUT2D eigenvalue weighted by Gasteiger charge is -2.17. The van der Waals surface area contributed by atoms with Gasteiger partial charge in [-0.3, -0.25) is 4.90 Å². The Bertz CT molecular complexity index is 374. The summed E-state index contributed by atoms with van der Waals surface area (Å²) in [6, 6.07) is 2.08. The molecule has 2 N–H and O–H groups in total. The molecule has 1 aromatic rings. The summed E-state index contributed by atoms with van der Waals surface area (Å²) in [5.41, 5.74) is 1.18. The Labute approximate surface area is 116 Å². The van der Waals surface area contributed by atoms with Gasteiger partial charge >= 0.3 is 0 Å². The van der Waals surface area contributed by atoms with Crippen LogP contribution in [0.1, 0.15) is 30.4 Å². The van der Waals surface area contributed by atoms with E-state index in [1.54, 1.807) is 0 Å². The van der Waals surface area contributed by atoms with Crippen molar-refractivity contribution in [1.82, 2.24) is 10.2 Å². The Morgan fingerprint density at radius 3 is 2.95 bits per heavy atom. The highest BCUT2D eigenvalue weighted by Gasteiger charge is 2.10. The first-order valence-electron chi connectivity index (χ1n) is 6.94. The third-order valence-corrected chi connectivity index (χ3v) is 2.97. The van der Waals surface area contributed by atoms with Gasteiger partial charge in [0.15, 0.2) is 0 Å². The second-order valence-electron chi connectivity index (χ2n) is 4.74. The fourth-order valence-electron chi connectivity index (χ4n) is 2.00. The van der Waals surface area contributed by atoms with Crippen molar-refractivity contribution >= 4 is 0 Å². The van der Waals surface area contributed by atoms with Crippen LogP contribution in [-0.4, -0.2) is 36.2 Å². The first kappa shape index (κ1) is 16.0. The van der Waals surface area contributed by atoms with Gasteiger partial charge in [0.1, 0.15) is 11.5 Å². The number of aryl methyl sites for hydroxylation is 1. The normalized spacial score (nSPS) is 11.2. The Morgan fingerprint density at radius 1 is 1.53 bits per heavy atom. The van der Waals surface area contributed by atoms with E-state index in [2.05, 4.69) is 36.7 Å². The highest BCUT2D eigenvalue weighted by atomic mass is 16.3. The number of nitrogens with zero attached hydrogens (tertiary/aromatic N) is 1. The van der Waals surface area contributed by atoms with E-state index in [1.807, 2.05) is 6.08 Å². The van der Waals surface area contributed by atoms with Gasteiger partial charge in [0.25, 0.3) is 0 Å². The van der Waals surface area contributed by atoms with Crippen molar-refractivity contribution in [2.75, 3.05) is 26.2 Å². The van der Waals surface area contributed by atoms with E-state index >= 15 is 0 Å². The number of rotatable bonds is 10. The summed E-state index contributed by atoms with van der Waals surface area (Å²) in [5, 5.41) is 12.4. The molecule has 0 fully saturated rings. The second kappa shape index (κ2) is 8.91. The van der Waals surface area contributed by atoms with Crippen molar-refractivity contribution in [2.45, 2.75) is 33.4 Å². The van der Waals surface area contributed by atoms with Gasteiger partial charge < -0.3 is 14.8 Å². The molecule has 0 bridgehead atoms. The minimum atomic E-state index is 0.151. The summed E-state index contributed by atoms with van der Waals surface area (Å²) in [6.45, 7) is 12.0. The predicted molar refractivity (Wildman–Crippen MR) is 78.0 cm³/mol. The van der Waals surface area contributed by atoms with E-state index < -0.39 is 0 Å². The highest BCUT2D eigenvalue weighted by molar-refractivity contribution is 5.20. The SMILES string of the molecule is C=CCN(CCO)Cc1cc(C)c(CNCCC)o1. The van der Waals surface area contributed by atoms with Crippen LogP contribution in [0.3, 0.4) is 0 Å². The number of nitrogens with one attached hydrogen (secondary N) is 1. The molecule has 0 radical (unpaired) electrons. The summed E-state index contributed by atoms with van der Waals surface area (Å²) < 4.78 is 5.86. The molecule has 1 heterocycles. The number of aliphatic hydroxyl groups excluding tert-OH is 1. The molecule has 4 heteroatoms. The van der Waals surface area contributed by atoms with Gasteiger partial charge in [0.05, 0.1) is 19.7 Å². The van der Waals surface area contributed by atoms with Crippen LogP contribution in [-0.2, 0) is 13.1 Å². The van der Waals surface area contributed by atoms with Crippen molar-refractivity contribution in [1.29, 1.82) is 0 Å². The van der Waals surface area contributed by atoms with Gasteiger partial charge in [0.2, 0.25) is 0 Å². The zero-order valence-electron chi connectivity index (χ0n) is 12.1. The monoisotopic (exact) mass is 266 g/mol. The average Bonchev–Trinajstić information content (AvgIpc) is 2.71. The fraction of sp³-hybridized carbons (Fsp3) is 0.600. The zero-order chi connectivity index (χ0) is 14.1. The van der Waals surface area contributed by atoms with Gasteiger partial charge in [-0.1, -0.05) is 13.0 Å². The molecule has 108 valence electrons. The van der Waals surface area contributed by atoms with Crippen LogP contribution in [0.25, 0.3) is 0 Å². The largest absolute Gasteiger partial charge is 0.463 e. The molecule has 0 amide bonds. The van der Waals surface area contributed by atoms with Crippen LogP contribution in [0.2, 0.25) is 0 Å². The number of hydrogen-bond donors (Lipinski definition) is 2. The molecule has 4 nitrogen and oxygen atoms in total. The molecule has 19 heavy (non-hydrogen) atoms. The van der Waals surface area contributed by atoms with Gasteiger partial charge in [-0.05, 0) is 31.5 Å². The third kappa shape index (κ3) is 5.59. The van der Waals surface area contributed by atoms with Gasteiger partial charge in [-0.2, -0.15) is 0 Å². The van der Waals surface area contributed by atoms with Crippen molar-refractivity contribution in [2.24, 2.45) is 0 Å². The minimum Gasteiger partial charge on any atom is -0.463 e. The molecular formula is C15H26N2O2. The number of hydrogen-bond acceptors (Lipinski definition) is 4. The summed E-state index contributed by atoms with van der Waals surface area (Å²) in [4.78, 5) is 2.11. The number of furan rings is 1. The lowest BCUT2D eigenvalue weighted by atomic mass is 10.2. The Morgan fingerprint density at radius 2 is 2.32 bits per heavy atom. The first-order chi connectivity index (χ1) is 9.21. The highest BCUT2D eigenvalue weighted by Crippen LogP contribution is 2.16. The van der Waals surface area contributed by atoms with Gasteiger partial charge in [0, 0.05) is 13.1 Å². The molecule has 0 aliphatic rings. The number of aliphatic hydroxyl groups is 1. The van der Waals surface area contributed by atoms with E-state index in [4.69, 9.17) is 9.52 Å². The van der Waals surface area contributed by atoms with Gasteiger partial charge in [-0.25, -0.2) is 0 Å². The standard InChI is InChI=1S/C15H26N2O2/c1-4-6-16-11-15-13(3)10-14(19-15)12-17(7-5-2)8-9-18/h5,10,16,18H,2,4,6-9,11-12H2,1,3H3. The van der Waals surface area contributed by atoms with Crippen LogP contribution < -0.4 is 5.32 Å². The maximum absolute atomic E-state index is 9.03. The fourth-order valence-corrected chi connectivity index (χ4v) is 2.00. The summed E-state index contributed by atoms with van der Waals surface area (Å²) in [5.74, 6) is 1.95. The topological polar surface area (TPSA) is 48.6 Å². The van der Waals surface area contributed by atoms with Crippen molar-refractivity contribution < 1.29 is 9.52 Å². The molecule has 1 aromatic heterocycles. The quantitative estimate of drug-likeness (QED) is 0.503. The minimum absolute atomic E-state index is 0.151. The summed E-state index contributed by atoms with van der Waals surface area (Å²) in [6.07, 6.45) is 2.96. The zero-order valence-corrected chi connectivity index (χ0v) is 12.1. The van der Waals surface area contributed by atoms with Crippen LogP contribution >= 0.6 is 0 Å². The van der Waals surface area contributed by atoms with E-state index in [9.17, 15) is 0 Å². The third-order valence-electron chi connectivity index (χ3n) is 2.97. The maximum atomic E-state index is 9.03. The lowest BCUT2D eigenvalue weighted by Crippen LogP contribution is -2.26. The second-order valence-corrected chi connectivity index (χ2v) is 4.74. The van der Waals surface area contributed by atoms with Crippen LogP contribution in [0.15, 0.2) is 23.1 Å². The summed E-state index contributed by atoms with van der Waals surface area (Å²) >= 11 is 0. The van der Waals surface area contributed by atoms with Crippen molar-refractivity contribution in [3.63, 3.8) is 0 Å². The van der Waals surface area contributed by atoms with Crippen molar-refractivity contribution in [3.05, 3.63) is 35.8 Å². The summed E-state index contributed by atoms with van der Waals surface area (Å²) in [7, 11) is 0. The van der Waals surface area contributed by atoms with E-state index in [0.717, 1.165) is 37.6 Å². The molecular weight excluding hydrogens is 240 g/mol. The molecule has 0 aromatic carbocycles. The molecule has 0 saturated carbocycles. The molecule has 0 aliphatic heterocycles. The molecule has 0 unspecified atom stereocenters. The van der Waals surface area contributed by atoms with Crippen LogP contribution in [0.4, 0.5) is 0 Å². The van der Waals surface area contributed by atoms with E-state index in [0.29, 0.717) is 13.1 Å². The molecule has 0 atom stereocenters. The Balaban J connectivity index is 2.57. The Hall–Kier alpha value is -1.10. The van der Waals surface area contributed by atoms with E-state index in [-0.39, 0.29) is 6.61 Å². The molecule has 1 rings (SSSR count). The van der Waals surface area contributed by atoms with Crippen LogP contribution in [0, 0.1) is 6.92 Å². The predicted octanol–water partition coefficient (Wildman–Crippen LogP) is 2.07. The van der Waals surface area contributed by atoms with Crippen LogP contribution in [0.5, 0.6) is 0 Å². The van der Waals surface area contributed by atoms with Gasteiger partial charge in [-0.15, -0.1) is 6.58 Å². The first-order valence-corrected chi connectivity index (χ1v) is 6.94. The lowest BCUT2D eigenvalue weighted by molar-refractivity contribution is 0.193. The smallest absolute Gasteiger partial charge is 0.120 e. The molecule has 0 spiro atoms. The molecule has 0 aliphatic carbocycles.